The summed E-state index contributed by atoms with van der Waals surface area (Å²) in [5, 5.41) is 8.87. The minimum absolute atomic E-state index is 0.193. The van der Waals surface area contributed by atoms with Crippen LogP contribution in [0.1, 0.15) is 5.56 Å². The predicted octanol–water partition coefficient (Wildman–Crippen LogP) is 2.34. The Balaban J connectivity index is 2.38. The van der Waals surface area contributed by atoms with E-state index in [2.05, 4.69) is 4.98 Å². The van der Waals surface area contributed by atoms with Gasteiger partial charge in [-0.2, -0.15) is 5.26 Å². The molecule has 0 spiro atoms. The molecule has 0 unspecified atom stereocenters. The summed E-state index contributed by atoms with van der Waals surface area (Å²) in [5.74, 6) is 1.26. The zero-order valence-electron chi connectivity index (χ0n) is 9.75. The number of ether oxygens (including phenoxy) is 2. The lowest BCUT2D eigenvalue weighted by Crippen LogP contribution is -1.98. The second-order valence-corrected chi connectivity index (χ2v) is 3.44. The van der Waals surface area contributed by atoms with E-state index < -0.39 is 0 Å². The van der Waals surface area contributed by atoms with Gasteiger partial charge in [-0.25, -0.2) is 4.98 Å². The van der Waals surface area contributed by atoms with E-state index in [0.29, 0.717) is 17.1 Å². The predicted molar refractivity (Wildman–Crippen MR) is 66.4 cm³/mol. The van der Waals surface area contributed by atoms with Crippen LogP contribution in [0.25, 0.3) is 0 Å². The molecule has 0 atom stereocenters. The molecule has 0 aliphatic rings. The third-order valence-electron chi connectivity index (χ3n) is 2.35. The van der Waals surface area contributed by atoms with Crippen LogP contribution in [0.3, 0.4) is 0 Å². The van der Waals surface area contributed by atoms with Crippen LogP contribution in [0.15, 0.2) is 36.5 Å². The highest BCUT2D eigenvalue weighted by molar-refractivity contribution is 5.61. The van der Waals surface area contributed by atoms with Crippen molar-refractivity contribution < 1.29 is 9.47 Å². The van der Waals surface area contributed by atoms with Crippen molar-refractivity contribution in [2.45, 2.75) is 0 Å². The molecule has 0 radical (unpaired) electrons. The van der Waals surface area contributed by atoms with E-state index in [9.17, 15) is 0 Å². The van der Waals surface area contributed by atoms with Crippen LogP contribution in [-0.4, -0.2) is 12.1 Å². The molecule has 0 amide bonds. The lowest BCUT2D eigenvalue weighted by Gasteiger charge is -2.10. The Labute approximate surface area is 104 Å². The molecule has 1 aromatic heterocycles. The van der Waals surface area contributed by atoms with Gasteiger partial charge in [-0.1, -0.05) is 12.1 Å². The van der Waals surface area contributed by atoms with Gasteiger partial charge in [0, 0.05) is 6.20 Å². The van der Waals surface area contributed by atoms with Crippen molar-refractivity contribution >= 4 is 5.69 Å². The van der Waals surface area contributed by atoms with Crippen LogP contribution in [0, 0.1) is 11.3 Å². The van der Waals surface area contributed by atoms with E-state index in [1.807, 2.05) is 18.2 Å². The summed E-state index contributed by atoms with van der Waals surface area (Å²) < 4.78 is 10.7. The average Bonchev–Trinajstić information content (AvgIpc) is 2.42. The molecule has 0 bridgehead atoms. The first-order valence-electron chi connectivity index (χ1n) is 5.21. The first-order chi connectivity index (χ1) is 8.76. The highest BCUT2D eigenvalue weighted by Crippen LogP contribution is 2.33. The number of hydrogen-bond acceptors (Lipinski definition) is 5. The number of hydrogen-bond donors (Lipinski definition) is 1. The van der Waals surface area contributed by atoms with Gasteiger partial charge in [-0.3, -0.25) is 0 Å². The fourth-order valence-electron chi connectivity index (χ4n) is 1.44. The average molecular weight is 241 g/mol. The number of nitriles is 1. The number of nitrogens with zero attached hydrogens (tertiary/aromatic N) is 2. The highest BCUT2D eigenvalue weighted by atomic mass is 16.5. The highest BCUT2D eigenvalue weighted by Gasteiger charge is 2.10. The minimum atomic E-state index is 0.193. The van der Waals surface area contributed by atoms with E-state index in [0.717, 1.165) is 0 Å². The van der Waals surface area contributed by atoms with Crippen LogP contribution in [-0.2, 0) is 0 Å². The molecule has 2 N–H and O–H groups in total. The van der Waals surface area contributed by atoms with E-state index in [1.165, 1.54) is 12.3 Å². The van der Waals surface area contributed by atoms with Crippen molar-refractivity contribution in [3.63, 3.8) is 0 Å². The Morgan fingerprint density at radius 2 is 1.94 bits per heavy atom. The number of methoxy groups -OCH3 is 1. The summed E-state index contributed by atoms with van der Waals surface area (Å²) in [6.07, 6.45) is 1.47. The van der Waals surface area contributed by atoms with Crippen LogP contribution in [0.5, 0.6) is 17.4 Å². The van der Waals surface area contributed by atoms with Gasteiger partial charge < -0.3 is 15.2 Å². The van der Waals surface area contributed by atoms with Gasteiger partial charge in [-0.15, -0.1) is 0 Å². The first-order valence-corrected chi connectivity index (χ1v) is 5.21. The van der Waals surface area contributed by atoms with E-state index in [-0.39, 0.29) is 11.6 Å². The number of anilines is 1. The monoisotopic (exact) mass is 241 g/mol. The molecule has 1 aromatic carbocycles. The van der Waals surface area contributed by atoms with Crippen molar-refractivity contribution in [3.8, 4) is 23.4 Å². The van der Waals surface area contributed by atoms with Crippen molar-refractivity contribution in [1.82, 2.24) is 4.98 Å². The Morgan fingerprint density at radius 3 is 2.61 bits per heavy atom. The zero-order chi connectivity index (χ0) is 13.0. The maximum Gasteiger partial charge on any atom is 0.244 e. The van der Waals surface area contributed by atoms with Crippen molar-refractivity contribution in [2.24, 2.45) is 0 Å². The lowest BCUT2D eigenvalue weighted by atomic mass is 10.2. The maximum absolute atomic E-state index is 8.87. The topological polar surface area (TPSA) is 81.2 Å². The zero-order valence-corrected chi connectivity index (χ0v) is 9.75. The number of pyridine rings is 1. The molecular formula is C13H11N3O2. The number of nitrogen functional groups attached to an aromatic ring is 1. The van der Waals surface area contributed by atoms with Crippen LogP contribution < -0.4 is 15.2 Å². The Morgan fingerprint density at radius 1 is 1.22 bits per heavy atom. The molecule has 2 rings (SSSR count). The van der Waals surface area contributed by atoms with Crippen LogP contribution >= 0.6 is 0 Å². The normalized spacial score (nSPS) is 9.56. The summed E-state index contributed by atoms with van der Waals surface area (Å²) in [6, 6.07) is 10.6. The minimum Gasteiger partial charge on any atom is -0.493 e. The third-order valence-corrected chi connectivity index (χ3v) is 2.35. The maximum atomic E-state index is 8.87. The number of rotatable bonds is 3. The van der Waals surface area contributed by atoms with Gasteiger partial charge >= 0.3 is 0 Å². The number of para-hydroxylation sites is 2. The summed E-state index contributed by atoms with van der Waals surface area (Å²) >= 11 is 0. The summed E-state index contributed by atoms with van der Waals surface area (Å²) in [7, 11) is 1.55. The van der Waals surface area contributed by atoms with Gasteiger partial charge in [-0.05, 0) is 18.2 Å². The van der Waals surface area contributed by atoms with Gasteiger partial charge in [0.2, 0.25) is 5.88 Å². The van der Waals surface area contributed by atoms with Gasteiger partial charge in [0.1, 0.15) is 11.8 Å². The van der Waals surface area contributed by atoms with Crippen molar-refractivity contribution in [3.05, 3.63) is 42.1 Å². The fraction of sp³-hybridized carbons (Fsp3) is 0.0769. The lowest BCUT2D eigenvalue weighted by molar-refractivity contribution is 0.375. The molecule has 18 heavy (non-hydrogen) atoms. The Hall–Kier alpha value is -2.74. The van der Waals surface area contributed by atoms with Crippen molar-refractivity contribution in [1.29, 1.82) is 5.26 Å². The van der Waals surface area contributed by atoms with Gasteiger partial charge in [0.25, 0.3) is 0 Å². The number of aromatic nitrogens is 1. The van der Waals surface area contributed by atoms with Crippen molar-refractivity contribution in [2.75, 3.05) is 12.8 Å². The van der Waals surface area contributed by atoms with Gasteiger partial charge in [0.15, 0.2) is 11.5 Å². The second-order valence-electron chi connectivity index (χ2n) is 3.44. The molecule has 1 heterocycles. The summed E-state index contributed by atoms with van der Waals surface area (Å²) in [6.45, 7) is 0. The summed E-state index contributed by atoms with van der Waals surface area (Å²) in [4.78, 5) is 4.00. The molecule has 5 heteroatoms. The summed E-state index contributed by atoms with van der Waals surface area (Å²) in [5.41, 5.74) is 6.32. The van der Waals surface area contributed by atoms with E-state index in [1.54, 1.807) is 19.2 Å². The molecule has 0 fully saturated rings. The van der Waals surface area contributed by atoms with Crippen LogP contribution in [0.4, 0.5) is 5.69 Å². The van der Waals surface area contributed by atoms with E-state index >= 15 is 0 Å². The molecule has 90 valence electrons. The fourth-order valence-corrected chi connectivity index (χ4v) is 1.44. The SMILES string of the molecule is COc1ccccc1Oc1nccc(C#N)c1N. The quantitative estimate of drug-likeness (QED) is 0.891. The van der Waals surface area contributed by atoms with Gasteiger partial charge in [0.05, 0.1) is 12.7 Å². The molecule has 5 nitrogen and oxygen atoms in total. The molecule has 0 saturated carbocycles. The smallest absolute Gasteiger partial charge is 0.244 e. The Bertz CT molecular complexity index is 605. The third kappa shape index (κ3) is 2.18. The Kier molecular flexibility index (Phi) is 3.30. The standard InChI is InChI=1S/C13H11N3O2/c1-17-10-4-2-3-5-11(10)18-13-12(15)9(8-14)6-7-16-13/h2-7H,15H2,1H3. The first kappa shape index (κ1) is 11.7. The number of benzene rings is 1. The molecule has 0 saturated heterocycles. The van der Waals surface area contributed by atoms with E-state index in [4.69, 9.17) is 20.5 Å². The van der Waals surface area contributed by atoms with Crippen LogP contribution in [0.2, 0.25) is 0 Å². The molecular weight excluding hydrogens is 230 g/mol. The second kappa shape index (κ2) is 5.06. The largest absolute Gasteiger partial charge is 0.493 e. The molecule has 0 aliphatic heterocycles. The molecule has 0 aliphatic carbocycles. The molecule has 2 aromatic rings. The number of nitrogens with two attached hydrogens (primary N) is 1.